The van der Waals surface area contributed by atoms with Crippen molar-refractivity contribution in [3.8, 4) is 0 Å². The predicted molar refractivity (Wildman–Crippen MR) is 137 cm³/mol. The van der Waals surface area contributed by atoms with E-state index in [-0.39, 0.29) is 33.2 Å². The third kappa shape index (κ3) is 5.36. The molecule has 2 aromatic rings. The van der Waals surface area contributed by atoms with Gasteiger partial charge < -0.3 is 31.8 Å². The lowest BCUT2D eigenvalue weighted by Gasteiger charge is -2.49. The summed E-state index contributed by atoms with van der Waals surface area (Å²) in [7, 11) is 0. The van der Waals surface area contributed by atoms with Gasteiger partial charge in [0.15, 0.2) is 29.8 Å². The van der Waals surface area contributed by atoms with Crippen LogP contribution in [0.4, 0.5) is 10.8 Å². The quantitative estimate of drug-likeness (QED) is 0.114. The highest BCUT2D eigenvalue weighted by Crippen LogP contribution is 2.40. The van der Waals surface area contributed by atoms with E-state index in [2.05, 4.69) is 15.5 Å². The van der Waals surface area contributed by atoms with Crippen LogP contribution in [0.15, 0.2) is 41.0 Å². The molecular formula is C21H21ClN7O7S2+. The standard InChI is InChI=1S/C21H20ClN7O7S2/c1-8(19(32)33)36-27-12(11-15(22)38-21(24)26-11)16(30)25-13-17(31)29-14(20(34)35)9(7-37-18(13)29)6-28-4-2-10(23)3-5-28/h2-5,8,13,18,23H,6-7H2,1H3,(H5,24,25,26,30,32,33,34,35)/p+1/b27-12-/t8-,13?,18?/m0/s1. The number of nitrogen functional groups attached to an aromatic ring is 2. The van der Waals surface area contributed by atoms with E-state index >= 15 is 0 Å². The van der Waals surface area contributed by atoms with E-state index in [1.54, 1.807) is 29.1 Å². The summed E-state index contributed by atoms with van der Waals surface area (Å²) in [6.45, 7) is 1.42. The number of hydrogen-bond acceptors (Lipinski definition) is 11. The maximum absolute atomic E-state index is 13.1. The lowest BCUT2D eigenvalue weighted by Crippen LogP contribution is -2.71. The van der Waals surface area contributed by atoms with E-state index in [1.807, 2.05) is 0 Å². The first-order valence-corrected chi connectivity index (χ1v) is 13.1. The molecule has 3 atom stereocenters. The molecule has 2 aliphatic rings. The summed E-state index contributed by atoms with van der Waals surface area (Å²) >= 11 is 8.25. The van der Waals surface area contributed by atoms with Gasteiger partial charge in [0.25, 0.3) is 11.8 Å². The van der Waals surface area contributed by atoms with Gasteiger partial charge in [-0.15, -0.1) is 11.8 Å². The molecule has 0 radical (unpaired) electrons. The van der Waals surface area contributed by atoms with Gasteiger partial charge in [-0.3, -0.25) is 14.5 Å². The molecule has 2 amide bonds. The number of thiazole rings is 1. The Balaban J connectivity index is 1.56. The summed E-state index contributed by atoms with van der Waals surface area (Å²) in [5, 5.41) is 24.4. The predicted octanol–water partition coefficient (Wildman–Crippen LogP) is -0.119. The van der Waals surface area contributed by atoms with Crippen molar-refractivity contribution in [3.05, 3.63) is 45.8 Å². The summed E-state index contributed by atoms with van der Waals surface area (Å²) < 4.78 is 1.74. The number of nitrogens with two attached hydrogens (primary N) is 2. The molecule has 2 aliphatic heterocycles. The minimum Gasteiger partial charge on any atom is -0.478 e. The van der Waals surface area contributed by atoms with Gasteiger partial charge in [-0.05, 0) is 6.92 Å². The lowest BCUT2D eigenvalue weighted by molar-refractivity contribution is -0.688. The Morgan fingerprint density at radius 1 is 1.34 bits per heavy atom. The molecule has 38 heavy (non-hydrogen) atoms. The summed E-state index contributed by atoms with van der Waals surface area (Å²) in [6, 6.07) is 2.24. The average molecular weight is 583 g/mol. The molecule has 0 aliphatic carbocycles. The van der Waals surface area contributed by atoms with Crippen LogP contribution in [0.3, 0.4) is 0 Å². The Kier molecular flexibility index (Phi) is 7.75. The summed E-state index contributed by atoms with van der Waals surface area (Å²) in [4.78, 5) is 59.4. The molecule has 17 heteroatoms. The largest absolute Gasteiger partial charge is 0.478 e. The molecule has 0 aromatic carbocycles. The van der Waals surface area contributed by atoms with Gasteiger partial charge in [-0.1, -0.05) is 28.1 Å². The fourth-order valence-corrected chi connectivity index (χ4v) is 5.90. The van der Waals surface area contributed by atoms with Crippen LogP contribution in [0, 0.1) is 0 Å². The minimum atomic E-state index is -1.40. The first-order valence-electron chi connectivity index (χ1n) is 10.8. The second-order valence-corrected chi connectivity index (χ2v) is 10.9. The number of hydrogen-bond donors (Lipinski definition) is 5. The molecule has 200 valence electrons. The number of fused-ring (bicyclic) bond motifs is 1. The van der Waals surface area contributed by atoms with Crippen LogP contribution in [0.1, 0.15) is 12.6 Å². The number of pyridine rings is 1. The molecule has 1 saturated heterocycles. The number of aromatic nitrogens is 2. The number of amides is 2. The number of carboxylic acid groups (broad SMARTS) is 2. The Labute approximate surface area is 227 Å². The Morgan fingerprint density at radius 3 is 2.61 bits per heavy atom. The number of anilines is 2. The van der Waals surface area contributed by atoms with Gasteiger partial charge >= 0.3 is 11.9 Å². The van der Waals surface area contributed by atoms with E-state index in [1.165, 1.54) is 18.7 Å². The third-order valence-corrected chi connectivity index (χ3v) is 7.94. The number of β-lactam (4-membered cyclic amide) rings is 1. The van der Waals surface area contributed by atoms with E-state index in [0.29, 0.717) is 11.3 Å². The van der Waals surface area contributed by atoms with Gasteiger partial charge in [0.1, 0.15) is 27.1 Å². The number of carbonyl (C=O) groups is 4. The first-order chi connectivity index (χ1) is 18.0. The molecule has 4 heterocycles. The molecule has 0 spiro atoms. The van der Waals surface area contributed by atoms with Crippen molar-refractivity contribution in [1.82, 2.24) is 15.2 Å². The van der Waals surface area contributed by atoms with E-state index in [9.17, 15) is 24.3 Å². The normalized spacial score (nSPS) is 19.9. The number of nitrogens with one attached hydrogen (secondary N) is 1. The zero-order chi connectivity index (χ0) is 27.7. The number of oxime groups is 1. The number of rotatable bonds is 9. The molecule has 2 aromatic heterocycles. The van der Waals surface area contributed by atoms with Crippen LogP contribution in [0.5, 0.6) is 0 Å². The number of thioether (sulfide) groups is 1. The Morgan fingerprint density at radius 2 is 2.03 bits per heavy atom. The molecule has 4 rings (SSSR count). The number of carbonyl (C=O) groups excluding carboxylic acids is 2. The maximum Gasteiger partial charge on any atom is 0.352 e. The molecular weight excluding hydrogens is 562 g/mol. The SMILES string of the molecule is C[C@H](O/N=C(\C(=O)NC1C(=O)N2C(C(=O)O)=C(C[n+]3ccc(N)cc3)CSC12)c1nc(N)sc1Cl)C(=O)O. The molecule has 7 N–H and O–H groups in total. The van der Waals surface area contributed by atoms with Crippen LogP contribution in [-0.2, 0) is 30.6 Å². The highest BCUT2D eigenvalue weighted by Gasteiger charge is 2.55. The van der Waals surface area contributed by atoms with Crippen LogP contribution in [-0.4, -0.2) is 72.8 Å². The highest BCUT2D eigenvalue weighted by atomic mass is 35.5. The van der Waals surface area contributed by atoms with Gasteiger partial charge in [0, 0.05) is 29.1 Å². The van der Waals surface area contributed by atoms with Crippen molar-refractivity contribution in [2.75, 3.05) is 17.2 Å². The smallest absolute Gasteiger partial charge is 0.352 e. The van der Waals surface area contributed by atoms with Crippen LogP contribution >= 0.6 is 34.7 Å². The van der Waals surface area contributed by atoms with Crippen molar-refractivity contribution in [2.24, 2.45) is 5.16 Å². The molecule has 1 fully saturated rings. The second kappa shape index (κ2) is 10.8. The summed E-state index contributed by atoms with van der Waals surface area (Å²) in [5.74, 6) is -3.90. The minimum absolute atomic E-state index is 0.00233. The van der Waals surface area contributed by atoms with E-state index < -0.39 is 47.0 Å². The van der Waals surface area contributed by atoms with Crippen LogP contribution < -0.4 is 21.4 Å². The van der Waals surface area contributed by atoms with Crippen LogP contribution in [0.25, 0.3) is 0 Å². The average Bonchev–Trinajstić information content (AvgIpc) is 3.20. The van der Waals surface area contributed by atoms with Crippen molar-refractivity contribution >= 4 is 75.0 Å². The van der Waals surface area contributed by atoms with E-state index in [4.69, 9.17) is 33.0 Å². The third-order valence-electron chi connectivity index (χ3n) is 5.52. The van der Waals surface area contributed by atoms with Gasteiger partial charge in [-0.25, -0.2) is 19.1 Å². The van der Waals surface area contributed by atoms with Gasteiger partial charge in [0.05, 0.1) is 0 Å². The lowest BCUT2D eigenvalue weighted by atomic mass is 10.0. The van der Waals surface area contributed by atoms with Crippen molar-refractivity contribution < 1.29 is 38.8 Å². The molecule has 14 nitrogen and oxygen atoms in total. The van der Waals surface area contributed by atoms with Crippen molar-refractivity contribution in [3.63, 3.8) is 0 Å². The highest BCUT2D eigenvalue weighted by molar-refractivity contribution is 8.00. The molecule has 0 saturated carbocycles. The topological polar surface area (TPSA) is 214 Å². The van der Waals surface area contributed by atoms with Gasteiger partial charge in [-0.2, -0.15) is 0 Å². The second-order valence-electron chi connectivity index (χ2n) is 8.12. The van der Waals surface area contributed by atoms with Crippen molar-refractivity contribution in [2.45, 2.75) is 31.0 Å². The van der Waals surface area contributed by atoms with Gasteiger partial charge in [0.2, 0.25) is 6.10 Å². The summed E-state index contributed by atoms with van der Waals surface area (Å²) in [6.07, 6.45) is 2.00. The zero-order valence-corrected chi connectivity index (χ0v) is 21.9. The summed E-state index contributed by atoms with van der Waals surface area (Å²) in [5.41, 5.74) is 11.6. The molecule has 2 unspecified atom stereocenters. The Bertz CT molecular complexity index is 1380. The van der Waals surface area contributed by atoms with Crippen molar-refractivity contribution in [1.29, 1.82) is 0 Å². The Hall–Kier alpha value is -3.89. The fourth-order valence-electron chi connectivity index (χ4n) is 3.64. The fraction of sp³-hybridized carbons (Fsp3) is 0.286. The monoisotopic (exact) mass is 582 g/mol. The first kappa shape index (κ1) is 27.2. The molecule has 0 bridgehead atoms. The number of aliphatic carboxylic acids is 2. The number of halogens is 1. The number of nitrogens with zero attached hydrogens (tertiary/aromatic N) is 4. The maximum atomic E-state index is 13.1. The number of carboxylic acids is 2. The van der Waals surface area contributed by atoms with Crippen LogP contribution in [0.2, 0.25) is 4.34 Å². The van der Waals surface area contributed by atoms with E-state index in [0.717, 1.165) is 16.2 Å². The zero-order valence-electron chi connectivity index (χ0n) is 19.5.